The molecule has 4 heteroatoms. The molecule has 24 heavy (non-hydrogen) atoms. The zero-order valence-corrected chi connectivity index (χ0v) is 13.9. The Bertz CT molecular complexity index is 715. The Morgan fingerprint density at radius 3 is 2.25 bits per heavy atom. The van der Waals surface area contributed by atoms with Crippen LogP contribution in [0.2, 0.25) is 0 Å². The van der Waals surface area contributed by atoms with Crippen LogP contribution in [0.1, 0.15) is 30.9 Å². The van der Waals surface area contributed by atoms with Crippen LogP contribution in [-0.4, -0.2) is 22.3 Å². The highest BCUT2D eigenvalue weighted by Crippen LogP contribution is 2.32. The van der Waals surface area contributed by atoms with Crippen molar-refractivity contribution in [3.63, 3.8) is 0 Å². The monoisotopic (exact) mass is 322 g/mol. The molecule has 1 aliphatic rings. The van der Waals surface area contributed by atoms with Gasteiger partial charge in [0.05, 0.1) is 0 Å². The average molecular weight is 322 g/mol. The molecule has 0 saturated carbocycles. The molecular formula is C20H22N2O2. The number of carbonyl (C=O) groups is 2. The fourth-order valence-corrected chi connectivity index (χ4v) is 3.13. The first-order chi connectivity index (χ1) is 11.6. The Kier molecular flexibility index (Phi) is 4.65. The summed E-state index contributed by atoms with van der Waals surface area (Å²) >= 11 is 0. The van der Waals surface area contributed by atoms with Gasteiger partial charge in [-0.05, 0) is 24.5 Å². The van der Waals surface area contributed by atoms with Crippen molar-refractivity contribution in [1.82, 2.24) is 10.2 Å². The number of nitrogens with one attached hydrogen (secondary N) is 1. The van der Waals surface area contributed by atoms with E-state index >= 15 is 0 Å². The first kappa shape index (κ1) is 16.2. The maximum absolute atomic E-state index is 12.8. The molecule has 0 bridgehead atoms. The topological polar surface area (TPSA) is 49.4 Å². The van der Waals surface area contributed by atoms with E-state index in [0.717, 1.165) is 11.1 Å². The second-order valence-corrected chi connectivity index (χ2v) is 6.41. The summed E-state index contributed by atoms with van der Waals surface area (Å²) < 4.78 is 0. The first-order valence-corrected chi connectivity index (χ1v) is 8.26. The SMILES string of the molecule is CC1(C(=O)NCc2ccccc2)CCC(=O)N1Cc1ccccc1. The molecule has 1 aliphatic heterocycles. The van der Waals surface area contributed by atoms with Crippen LogP contribution in [0, 0.1) is 0 Å². The van der Waals surface area contributed by atoms with E-state index in [2.05, 4.69) is 5.32 Å². The lowest BCUT2D eigenvalue weighted by Gasteiger charge is -2.34. The third-order valence-electron chi connectivity index (χ3n) is 4.69. The summed E-state index contributed by atoms with van der Waals surface area (Å²) in [6, 6.07) is 19.6. The fraction of sp³-hybridized carbons (Fsp3) is 0.300. The molecule has 0 spiro atoms. The van der Waals surface area contributed by atoms with Crippen molar-refractivity contribution >= 4 is 11.8 Å². The molecule has 1 saturated heterocycles. The maximum Gasteiger partial charge on any atom is 0.245 e. The molecule has 2 aromatic rings. The molecule has 2 aromatic carbocycles. The van der Waals surface area contributed by atoms with Gasteiger partial charge in [0.2, 0.25) is 11.8 Å². The molecule has 4 nitrogen and oxygen atoms in total. The molecule has 1 heterocycles. The maximum atomic E-state index is 12.8. The summed E-state index contributed by atoms with van der Waals surface area (Å²) in [7, 11) is 0. The van der Waals surface area contributed by atoms with E-state index in [-0.39, 0.29) is 11.8 Å². The predicted octanol–water partition coefficient (Wildman–Crippen LogP) is 2.88. The molecule has 0 aliphatic carbocycles. The number of rotatable bonds is 5. The normalized spacial score (nSPS) is 20.2. The van der Waals surface area contributed by atoms with Gasteiger partial charge in [0.15, 0.2) is 0 Å². The standard InChI is InChI=1S/C20H22N2O2/c1-20(19(24)21-14-16-8-4-2-5-9-16)13-12-18(23)22(20)15-17-10-6-3-7-11-17/h2-11H,12-15H2,1H3,(H,21,24). The third kappa shape index (κ3) is 3.32. The summed E-state index contributed by atoms with van der Waals surface area (Å²) in [5.74, 6) is -0.0515. The van der Waals surface area contributed by atoms with Gasteiger partial charge in [0.1, 0.15) is 5.54 Å². The van der Waals surface area contributed by atoms with Crippen LogP contribution in [0.4, 0.5) is 0 Å². The van der Waals surface area contributed by atoms with Crippen molar-refractivity contribution in [2.75, 3.05) is 0 Å². The van der Waals surface area contributed by atoms with Crippen LogP contribution in [0.25, 0.3) is 0 Å². The number of nitrogens with zero attached hydrogens (tertiary/aromatic N) is 1. The molecule has 1 N–H and O–H groups in total. The lowest BCUT2D eigenvalue weighted by atomic mass is 9.97. The van der Waals surface area contributed by atoms with E-state index < -0.39 is 5.54 Å². The molecule has 3 rings (SSSR count). The summed E-state index contributed by atoms with van der Waals surface area (Å²) in [6.45, 7) is 2.80. The van der Waals surface area contributed by atoms with Crippen LogP contribution in [0.5, 0.6) is 0 Å². The number of amides is 2. The van der Waals surface area contributed by atoms with Crippen LogP contribution < -0.4 is 5.32 Å². The summed E-state index contributed by atoms with van der Waals surface area (Å²) in [6.07, 6.45) is 0.974. The molecule has 2 amide bonds. The molecular weight excluding hydrogens is 300 g/mol. The van der Waals surface area contributed by atoms with E-state index in [4.69, 9.17) is 0 Å². The van der Waals surface area contributed by atoms with Gasteiger partial charge in [-0.25, -0.2) is 0 Å². The quantitative estimate of drug-likeness (QED) is 0.920. The number of hydrogen-bond donors (Lipinski definition) is 1. The summed E-state index contributed by atoms with van der Waals surface area (Å²) in [5.41, 5.74) is 1.30. The van der Waals surface area contributed by atoms with E-state index in [1.807, 2.05) is 67.6 Å². The first-order valence-electron chi connectivity index (χ1n) is 8.26. The number of hydrogen-bond acceptors (Lipinski definition) is 2. The zero-order chi connectivity index (χ0) is 17.0. The lowest BCUT2D eigenvalue weighted by Crippen LogP contribution is -2.53. The van der Waals surface area contributed by atoms with Crippen LogP contribution in [0.15, 0.2) is 60.7 Å². The number of likely N-dealkylation sites (tertiary alicyclic amines) is 1. The number of benzene rings is 2. The molecule has 0 radical (unpaired) electrons. The van der Waals surface area contributed by atoms with Crippen molar-refractivity contribution in [2.24, 2.45) is 0 Å². The Morgan fingerprint density at radius 1 is 1.04 bits per heavy atom. The molecule has 1 fully saturated rings. The third-order valence-corrected chi connectivity index (χ3v) is 4.69. The second kappa shape index (κ2) is 6.87. The number of carbonyl (C=O) groups excluding carboxylic acids is 2. The predicted molar refractivity (Wildman–Crippen MR) is 92.9 cm³/mol. The Balaban J connectivity index is 1.71. The minimum Gasteiger partial charge on any atom is -0.350 e. The molecule has 1 atom stereocenters. The minimum atomic E-state index is -0.790. The van der Waals surface area contributed by atoms with E-state index in [1.165, 1.54) is 0 Å². The van der Waals surface area contributed by atoms with Crippen molar-refractivity contribution in [1.29, 1.82) is 0 Å². The summed E-state index contributed by atoms with van der Waals surface area (Å²) in [5, 5.41) is 2.98. The van der Waals surface area contributed by atoms with Gasteiger partial charge < -0.3 is 10.2 Å². The second-order valence-electron chi connectivity index (χ2n) is 6.41. The Hall–Kier alpha value is -2.62. The van der Waals surface area contributed by atoms with E-state index in [1.54, 1.807) is 4.90 Å². The van der Waals surface area contributed by atoms with Crippen LogP contribution in [-0.2, 0) is 22.7 Å². The smallest absolute Gasteiger partial charge is 0.245 e. The van der Waals surface area contributed by atoms with Crippen molar-refractivity contribution < 1.29 is 9.59 Å². The molecule has 1 unspecified atom stereocenters. The van der Waals surface area contributed by atoms with Crippen LogP contribution >= 0.6 is 0 Å². The van der Waals surface area contributed by atoms with Gasteiger partial charge in [0, 0.05) is 19.5 Å². The molecule has 0 aromatic heterocycles. The van der Waals surface area contributed by atoms with Crippen molar-refractivity contribution in [2.45, 2.75) is 38.4 Å². The fourth-order valence-electron chi connectivity index (χ4n) is 3.13. The van der Waals surface area contributed by atoms with Gasteiger partial charge in [-0.2, -0.15) is 0 Å². The highest BCUT2D eigenvalue weighted by atomic mass is 16.2. The van der Waals surface area contributed by atoms with Crippen molar-refractivity contribution in [3.05, 3.63) is 71.8 Å². The van der Waals surface area contributed by atoms with Gasteiger partial charge in [-0.15, -0.1) is 0 Å². The lowest BCUT2D eigenvalue weighted by molar-refractivity contribution is -0.141. The minimum absolute atomic E-state index is 0.0382. The van der Waals surface area contributed by atoms with Gasteiger partial charge in [-0.3, -0.25) is 9.59 Å². The Labute approximate surface area is 142 Å². The summed E-state index contributed by atoms with van der Waals surface area (Å²) in [4.78, 5) is 26.8. The average Bonchev–Trinajstić information content (AvgIpc) is 2.91. The van der Waals surface area contributed by atoms with Gasteiger partial charge in [0.25, 0.3) is 0 Å². The zero-order valence-electron chi connectivity index (χ0n) is 13.9. The molecule has 124 valence electrons. The van der Waals surface area contributed by atoms with Crippen molar-refractivity contribution in [3.8, 4) is 0 Å². The van der Waals surface area contributed by atoms with E-state index in [0.29, 0.717) is 25.9 Å². The van der Waals surface area contributed by atoms with Gasteiger partial charge in [-0.1, -0.05) is 60.7 Å². The Morgan fingerprint density at radius 2 is 1.62 bits per heavy atom. The largest absolute Gasteiger partial charge is 0.350 e. The highest BCUT2D eigenvalue weighted by molar-refractivity contribution is 5.94. The van der Waals surface area contributed by atoms with Crippen LogP contribution in [0.3, 0.4) is 0 Å². The van der Waals surface area contributed by atoms with Gasteiger partial charge >= 0.3 is 0 Å². The van der Waals surface area contributed by atoms with E-state index in [9.17, 15) is 9.59 Å². The highest BCUT2D eigenvalue weighted by Gasteiger charge is 2.46.